The fraction of sp³-hybridized carbons (Fsp3) is 0.625. The standard InChI is InChI=1S/C8H16N4O4/c9-3-4-11-8(16)12-5(7(14)15)1-2-6(10)13/h5H,1-4,9H2,(H2,10,13)(H,14,15)(H2,11,12,16)/t5-/m1/s1. The number of carbonyl (C=O) groups excluding carboxylic acids is 2. The summed E-state index contributed by atoms with van der Waals surface area (Å²) in [6.07, 6.45) is -0.144. The third-order valence-corrected chi connectivity index (χ3v) is 1.71. The van der Waals surface area contributed by atoms with E-state index in [1.54, 1.807) is 0 Å². The van der Waals surface area contributed by atoms with Gasteiger partial charge in [-0.1, -0.05) is 0 Å². The number of primary amides is 1. The summed E-state index contributed by atoms with van der Waals surface area (Å²) in [7, 11) is 0. The molecular weight excluding hydrogens is 216 g/mol. The van der Waals surface area contributed by atoms with Gasteiger partial charge in [0.1, 0.15) is 6.04 Å². The molecule has 8 nitrogen and oxygen atoms in total. The van der Waals surface area contributed by atoms with Crippen molar-refractivity contribution in [2.45, 2.75) is 18.9 Å². The van der Waals surface area contributed by atoms with E-state index in [0.29, 0.717) is 0 Å². The second kappa shape index (κ2) is 7.46. The first-order valence-corrected chi connectivity index (χ1v) is 4.73. The van der Waals surface area contributed by atoms with Gasteiger partial charge in [-0.3, -0.25) is 4.79 Å². The highest BCUT2D eigenvalue weighted by atomic mass is 16.4. The summed E-state index contributed by atoms with van der Waals surface area (Å²) in [5, 5.41) is 13.3. The van der Waals surface area contributed by atoms with E-state index in [0.717, 1.165) is 0 Å². The van der Waals surface area contributed by atoms with E-state index in [1.807, 2.05) is 0 Å². The van der Waals surface area contributed by atoms with Gasteiger partial charge in [0.2, 0.25) is 5.91 Å². The molecule has 92 valence electrons. The lowest BCUT2D eigenvalue weighted by Crippen LogP contribution is -2.47. The van der Waals surface area contributed by atoms with Crippen LogP contribution < -0.4 is 22.1 Å². The molecule has 1 atom stereocenters. The predicted octanol–water partition coefficient (Wildman–Crippen LogP) is -2.04. The highest BCUT2D eigenvalue weighted by Crippen LogP contribution is 1.97. The van der Waals surface area contributed by atoms with Gasteiger partial charge in [0.05, 0.1) is 0 Å². The van der Waals surface area contributed by atoms with Crippen LogP contribution in [0.1, 0.15) is 12.8 Å². The SMILES string of the molecule is NCCNC(=O)N[C@H](CCC(N)=O)C(=O)O. The minimum Gasteiger partial charge on any atom is -0.480 e. The zero-order valence-corrected chi connectivity index (χ0v) is 8.73. The quantitative estimate of drug-likeness (QED) is 0.343. The van der Waals surface area contributed by atoms with Crippen LogP contribution in [0.3, 0.4) is 0 Å². The lowest BCUT2D eigenvalue weighted by atomic mass is 10.1. The maximum absolute atomic E-state index is 11.1. The molecule has 7 N–H and O–H groups in total. The molecule has 0 aromatic heterocycles. The number of carboxylic acid groups (broad SMARTS) is 1. The van der Waals surface area contributed by atoms with Crippen LogP contribution in [-0.2, 0) is 9.59 Å². The van der Waals surface area contributed by atoms with E-state index in [4.69, 9.17) is 16.6 Å². The van der Waals surface area contributed by atoms with Crippen LogP contribution in [0.5, 0.6) is 0 Å². The van der Waals surface area contributed by atoms with Crippen molar-refractivity contribution in [1.29, 1.82) is 0 Å². The molecule has 0 saturated heterocycles. The maximum Gasteiger partial charge on any atom is 0.326 e. The molecule has 0 fully saturated rings. The van der Waals surface area contributed by atoms with Crippen LogP contribution in [0.2, 0.25) is 0 Å². The van der Waals surface area contributed by atoms with E-state index in [1.165, 1.54) is 0 Å². The van der Waals surface area contributed by atoms with Crippen molar-refractivity contribution in [2.24, 2.45) is 11.5 Å². The summed E-state index contributed by atoms with van der Waals surface area (Å²) >= 11 is 0. The Morgan fingerprint density at radius 2 is 1.94 bits per heavy atom. The van der Waals surface area contributed by atoms with Gasteiger partial charge < -0.3 is 27.2 Å². The predicted molar refractivity (Wildman–Crippen MR) is 55.4 cm³/mol. The topological polar surface area (TPSA) is 148 Å². The van der Waals surface area contributed by atoms with Gasteiger partial charge in [-0.15, -0.1) is 0 Å². The van der Waals surface area contributed by atoms with Crippen molar-refractivity contribution >= 4 is 17.9 Å². The van der Waals surface area contributed by atoms with Crippen molar-refractivity contribution < 1.29 is 19.5 Å². The summed E-state index contributed by atoms with van der Waals surface area (Å²) in [5.41, 5.74) is 10.0. The van der Waals surface area contributed by atoms with Gasteiger partial charge in [0, 0.05) is 19.5 Å². The van der Waals surface area contributed by atoms with E-state index in [9.17, 15) is 14.4 Å². The number of carboxylic acids is 1. The fourth-order valence-corrected chi connectivity index (χ4v) is 0.939. The number of aliphatic carboxylic acids is 1. The molecule has 0 aliphatic carbocycles. The number of hydrogen-bond acceptors (Lipinski definition) is 4. The zero-order valence-electron chi connectivity index (χ0n) is 8.73. The summed E-state index contributed by atoms with van der Waals surface area (Å²) in [5.74, 6) is -1.83. The fourth-order valence-electron chi connectivity index (χ4n) is 0.939. The number of amides is 3. The first kappa shape index (κ1) is 14.2. The largest absolute Gasteiger partial charge is 0.480 e. The number of carbonyl (C=O) groups is 3. The van der Waals surface area contributed by atoms with Gasteiger partial charge in [0.25, 0.3) is 0 Å². The lowest BCUT2D eigenvalue weighted by molar-refractivity contribution is -0.139. The monoisotopic (exact) mass is 232 g/mol. The van der Waals surface area contributed by atoms with Gasteiger partial charge in [-0.05, 0) is 6.42 Å². The average Bonchev–Trinajstić information content (AvgIpc) is 2.20. The Morgan fingerprint density at radius 1 is 1.31 bits per heavy atom. The molecule has 0 aliphatic heterocycles. The Morgan fingerprint density at radius 3 is 2.38 bits per heavy atom. The van der Waals surface area contributed by atoms with Crippen LogP contribution in [0.4, 0.5) is 4.79 Å². The van der Waals surface area contributed by atoms with Gasteiger partial charge in [0.15, 0.2) is 0 Å². The van der Waals surface area contributed by atoms with Crippen molar-refractivity contribution in [3.8, 4) is 0 Å². The number of nitrogens with one attached hydrogen (secondary N) is 2. The number of nitrogens with two attached hydrogens (primary N) is 2. The molecule has 8 heteroatoms. The van der Waals surface area contributed by atoms with Crippen LogP contribution >= 0.6 is 0 Å². The van der Waals surface area contributed by atoms with Crippen molar-refractivity contribution in [2.75, 3.05) is 13.1 Å². The Bertz CT molecular complexity index is 269. The number of urea groups is 1. The summed E-state index contributed by atoms with van der Waals surface area (Å²) < 4.78 is 0. The Labute approximate surface area is 92.4 Å². The molecule has 0 spiro atoms. The highest BCUT2D eigenvalue weighted by molar-refractivity contribution is 5.83. The lowest BCUT2D eigenvalue weighted by Gasteiger charge is -2.13. The molecule has 0 aliphatic rings. The van der Waals surface area contributed by atoms with Gasteiger partial charge in [-0.25, -0.2) is 9.59 Å². The molecule has 0 unspecified atom stereocenters. The van der Waals surface area contributed by atoms with Crippen molar-refractivity contribution in [1.82, 2.24) is 10.6 Å². The minimum absolute atomic E-state index is 0.0410. The Kier molecular flexibility index (Phi) is 6.61. The third-order valence-electron chi connectivity index (χ3n) is 1.71. The smallest absolute Gasteiger partial charge is 0.326 e. The summed E-state index contributed by atoms with van der Waals surface area (Å²) in [6, 6.07) is -1.77. The van der Waals surface area contributed by atoms with E-state index < -0.39 is 23.9 Å². The normalized spacial score (nSPS) is 11.6. The van der Waals surface area contributed by atoms with Crippen molar-refractivity contribution in [3.63, 3.8) is 0 Å². The van der Waals surface area contributed by atoms with Crippen LogP contribution in [0.15, 0.2) is 0 Å². The highest BCUT2D eigenvalue weighted by Gasteiger charge is 2.19. The Balaban J connectivity index is 4.07. The van der Waals surface area contributed by atoms with Gasteiger partial charge in [-0.2, -0.15) is 0 Å². The second-order valence-corrected chi connectivity index (χ2v) is 3.08. The van der Waals surface area contributed by atoms with Crippen LogP contribution in [-0.4, -0.2) is 42.1 Å². The van der Waals surface area contributed by atoms with Crippen LogP contribution in [0, 0.1) is 0 Å². The molecule has 0 aromatic rings. The first-order valence-electron chi connectivity index (χ1n) is 4.73. The molecule has 16 heavy (non-hydrogen) atoms. The van der Waals surface area contributed by atoms with Crippen LogP contribution in [0.25, 0.3) is 0 Å². The minimum atomic E-state index is -1.22. The van der Waals surface area contributed by atoms with E-state index in [-0.39, 0.29) is 25.9 Å². The molecular formula is C8H16N4O4. The Hall–Kier alpha value is -1.83. The second-order valence-electron chi connectivity index (χ2n) is 3.08. The summed E-state index contributed by atoms with van der Waals surface area (Å²) in [6.45, 7) is 0.500. The molecule has 0 radical (unpaired) electrons. The van der Waals surface area contributed by atoms with E-state index >= 15 is 0 Å². The first-order chi connectivity index (χ1) is 7.47. The molecule has 3 amide bonds. The number of hydrogen-bond donors (Lipinski definition) is 5. The third kappa shape index (κ3) is 6.60. The van der Waals surface area contributed by atoms with Crippen molar-refractivity contribution in [3.05, 3.63) is 0 Å². The van der Waals surface area contributed by atoms with Gasteiger partial charge >= 0.3 is 12.0 Å². The summed E-state index contributed by atoms with van der Waals surface area (Å²) in [4.78, 5) is 32.3. The molecule has 0 rings (SSSR count). The molecule has 0 bridgehead atoms. The molecule has 0 heterocycles. The maximum atomic E-state index is 11.1. The number of rotatable bonds is 7. The molecule has 0 aromatic carbocycles. The average molecular weight is 232 g/mol. The van der Waals surface area contributed by atoms with E-state index in [2.05, 4.69) is 10.6 Å². The molecule has 0 saturated carbocycles. The zero-order chi connectivity index (χ0) is 12.6.